The third-order valence-corrected chi connectivity index (χ3v) is 5.03. The van der Waals surface area contributed by atoms with Crippen molar-refractivity contribution in [3.05, 3.63) is 50.6 Å². The Bertz CT molecular complexity index is 628. The van der Waals surface area contributed by atoms with Crippen molar-refractivity contribution in [2.45, 2.75) is 19.4 Å². The fourth-order valence-electron chi connectivity index (χ4n) is 2.20. The van der Waals surface area contributed by atoms with Gasteiger partial charge in [0.05, 0.1) is 5.56 Å². The van der Waals surface area contributed by atoms with Gasteiger partial charge in [-0.2, -0.15) is 0 Å². The molecule has 0 saturated carbocycles. The molecule has 0 fully saturated rings. The van der Waals surface area contributed by atoms with Gasteiger partial charge in [0.2, 0.25) is 0 Å². The van der Waals surface area contributed by atoms with Crippen LogP contribution < -0.4 is 10.6 Å². The molecule has 0 aliphatic carbocycles. The highest BCUT2D eigenvalue weighted by molar-refractivity contribution is 9.10. The molecule has 112 valence electrons. The fourth-order valence-corrected chi connectivity index (χ4v) is 3.59. The van der Waals surface area contributed by atoms with E-state index in [1.807, 2.05) is 25.2 Å². The predicted molar refractivity (Wildman–Crippen MR) is 92.5 cm³/mol. The summed E-state index contributed by atoms with van der Waals surface area (Å²) >= 11 is 5.23. The molecule has 6 heteroatoms. The molecule has 0 saturated heterocycles. The number of nitrogens with zero attached hydrogens (tertiary/aromatic N) is 2. The Kier molecular flexibility index (Phi) is 5.25. The summed E-state index contributed by atoms with van der Waals surface area (Å²) in [4.78, 5) is 3.49. The number of rotatable bonds is 5. The molecular formula is C15H18BrN3OS. The maximum Gasteiger partial charge on any atom is 0.173 e. The minimum Gasteiger partial charge on any atom is -0.409 e. The standard InChI is InChI=1S/C15H18BrN3OS/c1-10(9-11-5-4-8-21-11)19(2)13-7-3-6-12(16)14(13)15(17)18-20/h3-8,10,20H,9H2,1-2H3,(H2,17,18). The molecule has 4 nitrogen and oxygen atoms in total. The summed E-state index contributed by atoms with van der Waals surface area (Å²) in [5.74, 6) is 0.104. The number of halogens is 1. The van der Waals surface area contributed by atoms with Gasteiger partial charge in [0, 0.05) is 34.5 Å². The molecule has 0 bridgehead atoms. The monoisotopic (exact) mass is 367 g/mol. The van der Waals surface area contributed by atoms with Crippen LogP contribution in [0.4, 0.5) is 5.69 Å². The van der Waals surface area contributed by atoms with Crippen LogP contribution in [0.2, 0.25) is 0 Å². The summed E-state index contributed by atoms with van der Waals surface area (Å²) in [6.45, 7) is 2.16. The lowest BCUT2D eigenvalue weighted by Gasteiger charge is -2.29. The summed E-state index contributed by atoms with van der Waals surface area (Å²) in [5, 5.41) is 14.2. The summed E-state index contributed by atoms with van der Waals surface area (Å²) in [7, 11) is 2.02. The first-order valence-electron chi connectivity index (χ1n) is 6.56. The van der Waals surface area contributed by atoms with Crippen LogP contribution in [0.5, 0.6) is 0 Å². The van der Waals surface area contributed by atoms with Gasteiger partial charge < -0.3 is 15.8 Å². The largest absolute Gasteiger partial charge is 0.409 e. The molecule has 0 aliphatic heterocycles. The van der Waals surface area contributed by atoms with Crippen LogP contribution in [0.3, 0.4) is 0 Å². The molecule has 1 heterocycles. The van der Waals surface area contributed by atoms with E-state index in [2.05, 4.69) is 50.4 Å². The van der Waals surface area contributed by atoms with Gasteiger partial charge in [0.1, 0.15) is 0 Å². The fraction of sp³-hybridized carbons (Fsp3) is 0.267. The molecule has 0 spiro atoms. The molecule has 0 amide bonds. The van der Waals surface area contributed by atoms with E-state index in [4.69, 9.17) is 10.9 Å². The van der Waals surface area contributed by atoms with Gasteiger partial charge in [-0.3, -0.25) is 0 Å². The topological polar surface area (TPSA) is 61.8 Å². The lowest BCUT2D eigenvalue weighted by Crippen LogP contribution is -2.32. The smallest absolute Gasteiger partial charge is 0.173 e. The van der Waals surface area contributed by atoms with E-state index in [0.717, 1.165) is 16.6 Å². The number of anilines is 1. The van der Waals surface area contributed by atoms with Crippen LogP contribution in [0.1, 0.15) is 17.4 Å². The van der Waals surface area contributed by atoms with Gasteiger partial charge in [-0.1, -0.05) is 17.3 Å². The van der Waals surface area contributed by atoms with Gasteiger partial charge in [-0.25, -0.2) is 0 Å². The quantitative estimate of drug-likeness (QED) is 0.366. The average molecular weight is 368 g/mol. The average Bonchev–Trinajstić information content (AvgIpc) is 2.98. The maximum absolute atomic E-state index is 8.99. The number of thiophene rings is 1. The highest BCUT2D eigenvalue weighted by Crippen LogP contribution is 2.29. The van der Waals surface area contributed by atoms with E-state index < -0.39 is 0 Å². The minimum absolute atomic E-state index is 0.104. The van der Waals surface area contributed by atoms with Crippen LogP contribution in [0.25, 0.3) is 0 Å². The molecular weight excluding hydrogens is 350 g/mol. The van der Waals surface area contributed by atoms with Crippen LogP contribution in [-0.4, -0.2) is 24.1 Å². The number of hydrogen-bond donors (Lipinski definition) is 2. The summed E-state index contributed by atoms with van der Waals surface area (Å²) < 4.78 is 0.811. The Morgan fingerprint density at radius 3 is 2.81 bits per heavy atom. The van der Waals surface area contributed by atoms with E-state index in [0.29, 0.717) is 11.6 Å². The van der Waals surface area contributed by atoms with Gasteiger partial charge in [0.25, 0.3) is 0 Å². The van der Waals surface area contributed by atoms with Crippen molar-refractivity contribution >= 4 is 38.8 Å². The second kappa shape index (κ2) is 6.95. The van der Waals surface area contributed by atoms with Crippen LogP contribution in [-0.2, 0) is 6.42 Å². The highest BCUT2D eigenvalue weighted by Gasteiger charge is 2.18. The first kappa shape index (κ1) is 15.9. The van der Waals surface area contributed by atoms with Gasteiger partial charge >= 0.3 is 0 Å². The molecule has 1 aromatic carbocycles. The number of hydrogen-bond acceptors (Lipinski definition) is 4. The Morgan fingerprint density at radius 1 is 1.43 bits per heavy atom. The molecule has 1 unspecified atom stereocenters. The Labute approximate surface area is 137 Å². The zero-order chi connectivity index (χ0) is 15.4. The van der Waals surface area contributed by atoms with Crippen molar-refractivity contribution < 1.29 is 5.21 Å². The number of likely N-dealkylation sites (N-methyl/N-ethyl adjacent to an activating group) is 1. The SMILES string of the molecule is CC(Cc1cccs1)N(C)c1cccc(Br)c1/C(N)=N/O. The second-order valence-electron chi connectivity index (χ2n) is 4.86. The number of benzene rings is 1. The molecule has 1 aromatic heterocycles. The Hall–Kier alpha value is -1.53. The van der Waals surface area contributed by atoms with E-state index in [-0.39, 0.29) is 5.84 Å². The third-order valence-electron chi connectivity index (χ3n) is 3.47. The number of oxime groups is 1. The third kappa shape index (κ3) is 3.57. The van der Waals surface area contributed by atoms with Gasteiger partial charge in [0.15, 0.2) is 5.84 Å². The second-order valence-corrected chi connectivity index (χ2v) is 6.75. The van der Waals surface area contributed by atoms with Crippen molar-refractivity contribution in [2.24, 2.45) is 10.9 Å². The maximum atomic E-state index is 8.99. The van der Waals surface area contributed by atoms with Crippen molar-refractivity contribution in [1.82, 2.24) is 0 Å². The van der Waals surface area contributed by atoms with E-state index in [9.17, 15) is 0 Å². The molecule has 21 heavy (non-hydrogen) atoms. The first-order chi connectivity index (χ1) is 10.0. The summed E-state index contributed by atoms with van der Waals surface area (Å²) in [6, 6.07) is 10.3. The Morgan fingerprint density at radius 2 is 2.19 bits per heavy atom. The molecule has 1 atom stereocenters. The van der Waals surface area contributed by atoms with E-state index in [1.165, 1.54) is 4.88 Å². The van der Waals surface area contributed by atoms with Crippen LogP contribution >= 0.6 is 27.3 Å². The highest BCUT2D eigenvalue weighted by atomic mass is 79.9. The zero-order valence-corrected chi connectivity index (χ0v) is 14.4. The first-order valence-corrected chi connectivity index (χ1v) is 8.23. The molecule has 0 radical (unpaired) electrons. The van der Waals surface area contributed by atoms with Crippen LogP contribution in [0, 0.1) is 0 Å². The normalized spacial score (nSPS) is 13.2. The number of nitrogens with two attached hydrogens (primary N) is 1. The number of amidine groups is 1. The molecule has 2 rings (SSSR count). The molecule has 3 N–H and O–H groups in total. The van der Waals surface area contributed by atoms with E-state index >= 15 is 0 Å². The lowest BCUT2D eigenvalue weighted by molar-refractivity contribution is 0.318. The summed E-state index contributed by atoms with van der Waals surface area (Å²) in [5.41, 5.74) is 7.46. The van der Waals surface area contributed by atoms with Crippen molar-refractivity contribution in [1.29, 1.82) is 0 Å². The van der Waals surface area contributed by atoms with Crippen LogP contribution in [0.15, 0.2) is 45.3 Å². The molecule has 0 aliphatic rings. The minimum atomic E-state index is 0.104. The van der Waals surface area contributed by atoms with Crippen molar-refractivity contribution in [3.63, 3.8) is 0 Å². The Balaban J connectivity index is 2.30. The summed E-state index contributed by atoms with van der Waals surface area (Å²) in [6.07, 6.45) is 0.955. The van der Waals surface area contributed by atoms with E-state index in [1.54, 1.807) is 11.3 Å². The van der Waals surface area contributed by atoms with Gasteiger partial charge in [-0.05, 0) is 46.4 Å². The van der Waals surface area contributed by atoms with Gasteiger partial charge in [-0.15, -0.1) is 11.3 Å². The zero-order valence-electron chi connectivity index (χ0n) is 12.0. The van der Waals surface area contributed by atoms with Crippen molar-refractivity contribution in [3.8, 4) is 0 Å². The predicted octanol–water partition coefficient (Wildman–Crippen LogP) is 3.67. The van der Waals surface area contributed by atoms with Crippen molar-refractivity contribution in [2.75, 3.05) is 11.9 Å². The molecule has 2 aromatic rings. The lowest BCUT2D eigenvalue weighted by atomic mass is 10.1.